The molecule has 2 rings (SSSR count). The molecule has 0 radical (unpaired) electrons. The highest BCUT2D eigenvalue weighted by Gasteiger charge is 2.27. The maximum atomic E-state index is 15.0. The molecular weight excluding hydrogens is 329 g/mol. The molecule has 25 heavy (non-hydrogen) atoms. The molecule has 0 amide bonds. The molecule has 0 atom stereocenters. The van der Waals surface area contributed by atoms with Crippen molar-refractivity contribution < 1.29 is 18.0 Å². The molecule has 1 aliphatic heterocycles. The SMILES string of the molecule is C=CN1C(F)=C(c2c(F)ccc(N)c2F)C=C/C1=C(/CCC)C(C)=O. The third-order valence-corrected chi connectivity index (χ3v) is 3.91. The Bertz CT molecular complexity index is 822. The van der Waals surface area contributed by atoms with Gasteiger partial charge in [0.25, 0.3) is 0 Å². The van der Waals surface area contributed by atoms with Crippen LogP contribution in [0.2, 0.25) is 0 Å². The van der Waals surface area contributed by atoms with Crippen molar-refractivity contribution >= 4 is 17.0 Å². The van der Waals surface area contributed by atoms with Gasteiger partial charge in [-0.15, -0.1) is 0 Å². The van der Waals surface area contributed by atoms with Gasteiger partial charge in [-0.1, -0.05) is 19.9 Å². The first-order valence-corrected chi connectivity index (χ1v) is 7.81. The number of nitrogens with zero attached hydrogens (tertiary/aromatic N) is 1. The average molecular weight is 348 g/mol. The minimum atomic E-state index is -1.04. The van der Waals surface area contributed by atoms with Gasteiger partial charge in [0.15, 0.2) is 11.6 Å². The zero-order chi connectivity index (χ0) is 18.7. The lowest BCUT2D eigenvalue weighted by Gasteiger charge is -2.27. The van der Waals surface area contributed by atoms with Crippen LogP contribution < -0.4 is 5.73 Å². The van der Waals surface area contributed by atoms with E-state index in [4.69, 9.17) is 5.73 Å². The minimum Gasteiger partial charge on any atom is -0.396 e. The van der Waals surface area contributed by atoms with Crippen molar-refractivity contribution in [2.24, 2.45) is 0 Å². The van der Waals surface area contributed by atoms with Crippen LogP contribution in [0, 0.1) is 11.6 Å². The van der Waals surface area contributed by atoms with E-state index < -0.39 is 23.1 Å². The maximum Gasteiger partial charge on any atom is 0.206 e. The fourth-order valence-electron chi connectivity index (χ4n) is 2.71. The number of hydrogen-bond donors (Lipinski definition) is 1. The minimum absolute atomic E-state index is 0.203. The van der Waals surface area contributed by atoms with Gasteiger partial charge in [-0.3, -0.25) is 9.69 Å². The summed E-state index contributed by atoms with van der Waals surface area (Å²) in [7, 11) is 0. The summed E-state index contributed by atoms with van der Waals surface area (Å²) in [5.41, 5.74) is 5.04. The highest BCUT2D eigenvalue weighted by Crippen LogP contribution is 2.37. The average Bonchev–Trinajstić information content (AvgIpc) is 2.57. The summed E-state index contributed by atoms with van der Waals surface area (Å²) in [6.07, 6.45) is 4.99. The maximum absolute atomic E-state index is 15.0. The van der Waals surface area contributed by atoms with Crippen molar-refractivity contribution in [1.82, 2.24) is 4.90 Å². The number of nitrogen functional groups attached to an aromatic ring is 1. The van der Waals surface area contributed by atoms with Gasteiger partial charge in [-0.05, 0) is 37.6 Å². The predicted molar refractivity (Wildman–Crippen MR) is 92.6 cm³/mol. The normalized spacial score (nSPS) is 16.3. The Morgan fingerprint density at radius 3 is 2.52 bits per heavy atom. The molecule has 1 aromatic carbocycles. The Labute approximate surface area is 144 Å². The fourth-order valence-corrected chi connectivity index (χ4v) is 2.71. The Kier molecular flexibility index (Phi) is 5.51. The fraction of sp³-hybridized carbons (Fsp3) is 0.211. The van der Waals surface area contributed by atoms with Crippen LogP contribution in [0.1, 0.15) is 32.3 Å². The van der Waals surface area contributed by atoms with Crippen LogP contribution in [0.5, 0.6) is 0 Å². The van der Waals surface area contributed by atoms with Crippen molar-refractivity contribution in [3.8, 4) is 0 Å². The summed E-state index contributed by atoms with van der Waals surface area (Å²) < 4.78 is 43.3. The number of benzene rings is 1. The highest BCUT2D eigenvalue weighted by molar-refractivity contribution is 5.95. The number of allylic oxidation sites excluding steroid dienone is 4. The van der Waals surface area contributed by atoms with Crippen molar-refractivity contribution in [1.29, 1.82) is 0 Å². The summed E-state index contributed by atoms with van der Waals surface area (Å²) in [6.45, 7) is 6.82. The molecule has 0 spiro atoms. The van der Waals surface area contributed by atoms with E-state index in [1.54, 1.807) is 0 Å². The van der Waals surface area contributed by atoms with Crippen LogP contribution in [0.3, 0.4) is 0 Å². The van der Waals surface area contributed by atoms with Crippen LogP contribution >= 0.6 is 0 Å². The molecule has 0 aliphatic carbocycles. The van der Waals surface area contributed by atoms with E-state index in [0.717, 1.165) is 23.2 Å². The number of Topliss-reactive ketones (excluding diaryl/α,β-unsaturated/α-hetero) is 1. The van der Waals surface area contributed by atoms with Crippen LogP contribution in [0.25, 0.3) is 5.57 Å². The number of nitrogens with two attached hydrogens (primary N) is 1. The molecule has 6 heteroatoms. The summed E-state index contributed by atoms with van der Waals surface area (Å²) >= 11 is 0. The second-order valence-corrected chi connectivity index (χ2v) is 5.59. The molecule has 0 saturated carbocycles. The number of anilines is 1. The van der Waals surface area contributed by atoms with Crippen LogP contribution in [0.15, 0.2) is 54.3 Å². The molecule has 3 nitrogen and oxygen atoms in total. The molecular formula is C19H19F3N2O. The third-order valence-electron chi connectivity index (χ3n) is 3.91. The lowest BCUT2D eigenvalue weighted by atomic mass is 9.97. The van der Waals surface area contributed by atoms with Gasteiger partial charge in [0.1, 0.15) is 5.82 Å². The molecule has 0 aromatic heterocycles. The summed E-state index contributed by atoms with van der Waals surface area (Å²) in [4.78, 5) is 12.9. The topological polar surface area (TPSA) is 46.3 Å². The number of carbonyl (C=O) groups excluding carboxylic acids is 1. The van der Waals surface area contributed by atoms with E-state index >= 15 is 0 Å². The number of rotatable bonds is 5. The van der Waals surface area contributed by atoms with Crippen molar-refractivity contribution in [2.45, 2.75) is 26.7 Å². The highest BCUT2D eigenvalue weighted by atomic mass is 19.1. The summed E-state index contributed by atoms with van der Waals surface area (Å²) in [5.74, 6) is -3.10. The molecule has 1 aromatic rings. The number of halogens is 3. The predicted octanol–water partition coefficient (Wildman–Crippen LogP) is 4.84. The molecule has 0 bridgehead atoms. The van der Waals surface area contributed by atoms with E-state index in [1.165, 1.54) is 19.1 Å². The Morgan fingerprint density at radius 2 is 1.96 bits per heavy atom. The molecule has 2 N–H and O–H groups in total. The van der Waals surface area contributed by atoms with Gasteiger partial charge in [0, 0.05) is 17.3 Å². The third kappa shape index (κ3) is 3.38. The zero-order valence-electron chi connectivity index (χ0n) is 14.1. The van der Waals surface area contributed by atoms with Gasteiger partial charge in [-0.25, -0.2) is 8.78 Å². The standard InChI is InChI=1S/C19H19F3N2O/c1-4-6-12(11(3)25)16-10-7-13(19(22)24(16)5-2)17-14(20)8-9-15(23)18(17)21/h5,7-10H,2,4,6,23H2,1,3H3/b16-12+. The van der Waals surface area contributed by atoms with Crippen LogP contribution in [-0.4, -0.2) is 10.7 Å². The molecule has 0 unspecified atom stereocenters. The van der Waals surface area contributed by atoms with Gasteiger partial charge >= 0.3 is 0 Å². The van der Waals surface area contributed by atoms with Crippen LogP contribution in [-0.2, 0) is 4.79 Å². The first kappa shape index (κ1) is 18.6. The second-order valence-electron chi connectivity index (χ2n) is 5.59. The lowest BCUT2D eigenvalue weighted by Crippen LogP contribution is -2.20. The lowest BCUT2D eigenvalue weighted by molar-refractivity contribution is -0.113. The Balaban J connectivity index is 2.67. The van der Waals surface area contributed by atoms with Crippen molar-refractivity contribution in [3.63, 3.8) is 0 Å². The second kappa shape index (κ2) is 7.42. The Hall–Kier alpha value is -2.76. The van der Waals surface area contributed by atoms with Crippen molar-refractivity contribution in [2.75, 3.05) is 5.73 Å². The van der Waals surface area contributed by atoms with Gasteiger partial charge in [-0.2, -0.15) is 4.39 Å². The van der Waals surface area contributed by atoms with Crippen LogP contribution in [0.4, 0.5) is 18.9 Å². The number of ketones is 1. The number of carbonyl (C=O) groups is 1. The molecule has 132 valence electrons. The summed E-state index contributed by atoms with van der Waals surface area (Å²) in [6, 6.07) is 2.05. The molecule has 0 saturated heterocycles. The van der Waals surface area contributed by atoms with Gasteiger partial charge in [0.05, 0.1) is 16.9 Å². The largest absolute Gasteiger partial charge is 0.396 e. The van der Waals surface area contributed by atoms with E-state index in [2.05, 4.69) is 6.58 Å². The van der Waals surface area contributed by atoms with E-state index in [-0.39, 0.29) is 17.0 Å². The quantitative estimate of drug-likeness (QED) is 0.470. The van der Waals surface area contributed by atoms with Crippen molar-refractivity contribution in [3.05, 3.63) is 71.5 Å². The first-order chi connectivity index (χ1) is 11.8. The van der Waals surface area contributed by atoms with E-state index in [9.17, 15) is 18.0 Å². The molecule has 1 heterocycles. The van der Waals surface area contributed by atoms with E-state index in [0.29, 0.717) is 24.1 Å². The number of hydrogen-bond acceptors (Lipinski definition) is 3. The van der Waals surface area contributed by atoms with Gasteiger partial charge in [0.2, 0.25) is 5.95 Å². The van der Waals surface area contributed by atoms with E-state index in [1.807, 2.05) is 6.92 Å². The van der Waals surface area contributed by atoms with Gasteiger partial charge < -0.3 is 5.73 Å². The summed E-state index contributed by atoms with van der Waals surface area (Å²) in [5, 5.41) is 0. The Morgan fingerprint density at radius 1 is 1.28 bits per heavy atom. The molecule has 0 fully saturated rings. The molecule has 1 aliphatic rings. The zero-order valence-corrected chi connectivity index (χ0v) is 14.1. The monoisotopic (exact) mass is 348 g/mol. The smallest absolute Gasteiger partial charge is 0.206 e. The first-order valence-electron chi connectivity index (χ1n) is 7.81.